The Morgan fingerprint density at radius 1 is 1.22 bits per heavy atom. The van der Waals surface area contributed by atoms with Crippen LogP contribution in [0.1, 0.15) is 26.5 Å². The van der Waals surface area contributed by atoms with Gasteiger partial charge < -0.3 is 19.8 Å². The Labute approximate surface area is 182 Å². The summed E-state index contributed by atoms with van der Waals surface area (Å²) in [7, 11) is 1.16. The van der Waals surface area contributed by atoms with Crippen molar-refractivity contribution < 1.29 is 24.0 Å². The normalized spacial score (nSPS) is 14.3. The first-order chi connectivity index (χ1) is 15.4. The number of nitro groups is 1. The van der Waals surface area contributed by atoms with Crippen LogP contribution in [0.4, 0.5) is 11.4 Å². The van der Waals surface area contributed by atoms with E-state index in [4.69, 9.17) is 4.74 Å². The largest absolute Gasteiger partial charge is 0.465 e. The van der Waals surface area contributed by atoms with E-state index in [0.29, 0.717) is 25.4 Å². The Bertz CT molecular complexity index is 1180. The Balaban J connectivity index is 1.53. The van der Waals surface area contributed by atoms with E-state index in [1.165, 1.54) is 6.07 Å². The second-order valence-corrected chi connectivity index (χ2v) is 7.28. The Kier molecular flexibility index (Phi) is 6.10. The van der Waals surface area contributed by atoms with Gasteiger partial charge in [0.05, 0.1) is 48.4 Å². The number of benzene rings is 2. The number of hydrogen-bond donors (Lipinski definition) is 2. The van der Waals surface area contributed by atoms with Gasteiger partial charge in [-0.1, -0.05) is 0 Å². The summed E-state index contributed by atoms with van der Waals surface area (Å²) < 4.78 is 9.97. The lowest BCUT2D eigenvalue weighted by Gasteiger charge is -2.25. The minimum atomic E-state index is -0.769. The SMILES string of the molecule is COC(=O)c1cc(C(=O)Nc2ccc3nc(CN4CCOCC4)[nH]c3c2)cc([N+](=O)[O-])c1. The van der Waals surface area contributed by atoms with E-state index in [2.05, 4.69) is 24.9 Å². The molecule has 1 saturated heterocycles. The molecule has 2 heterocycles. The predicted molar refractivity (Wildman–Crippen MR) is 115 cm³/mol. The molecule has 1 aliphatic rings. The van der Waals surface area contributed by atoms with E-state index in [1.807, 2.05) is 0 Å². The summed E-state index contributed by atoms with van der Waals surface area (Å²) in [5, 5.41) is 13.9. The lowest BCUT2D eigenvalue weighted by molar-refractivity contribution is -0.384. The molecule has 32 heavy (non-hydrogen) atoms. The van der Waals surface area contributed by atoms with Gasteiger partial charge in [-0.25, -0.2) is 9.78 Å². The highest BCUT2D eigenvalue weighted by Crippen LogP contribution is 2.22. The first-order valence-electron chi connectivity index (χ1n) is 9.91. The number of nitrogens with zero attached hydrogens (tertiary/aromatic N) is 3. The molecule has 1 fully saturated rings. The van der Waals surface area contributed by atoms with Gasteiger partial charge in [0.2, 0.25) is 0 Å². The number of carbonyl (C=O) groups is 2. The number of fused-ring (bicyclic) bond motifs is 1. The van der Waals surface area contributed by atoms with Crippen LogP contribution in [0.25, 0.3) is 11.0 Å². The van der Waals surface area contributed by atoms with Crippen LogP contribution in [0.3, 0.4) is 0 Å². The number of methoxy groups -OCH3 is 1. The summed E-state index contributed by atoms with van der Waals surface area (Å²) in [6, 6.07) is 8.63. The fourth-order valence-electron chi connectivity index (χ4n) is 3.47. The fraction of sp³-hybridized carbons (Fsp3) is 0.286. The maximum absolute atomic E-state index is 12.7. The summed E-state index contributed by atoms with van der Waals surface area (Å²) in [6.07, 6.45) is 0. The quantitative estimate of drug-likeness (QED) is 0.339. The summed E-state index contributed by atoms with van der Waals surface area (Å²) in [4.78, 5) is 45.1. The molecule has 0 bridgehead atoms. The second-order valence-electron chi connectivity index (χ2n) is 7.28. The third-order valence-corrected chi connectivity index (χ3v) is 5.08. The van der Waals surface area contributed by atoms with Gasteiger partial charge >= 0.3 is 5.97 Å². The molecule has 0 aliphatic carbocycles. The van der Waals surface area contributed by atoms with Crippen molar-refractivity contribution in [3.8, 4) is 0 Å². The van der Waals surface area contributed by atoms with Gasteiger partial charge in [-0.2, -0.15) is 0 Å². The lowest BCUT2D eigenvalue weighted by atomic mass is 10.1. The number of aromatic amines is 1. The number of anilines is 1. The van der Waals surface area contributed by atoms with E-state index < -0.39 is 16.8 Å². The van der Waals surface area contributed by atoms with E-state index in [0.717, 1.165) is 49.2 Å². The van der Waals surface area contributed by atoms with Crippen LogP contribution in [0.15, 0.2) is 36.4 Å². The molecule has 1 aliphatic heterocycles. The van der Waals surface area contributed by atoms with Gasteiger partial charge in [0.25, 0.3) is 11.6 Å². The highest BCUT2D eigenvalue weighted by Gasteiger charge is 2.19. The van der Waals surface area contributed by atoms with Crippen LogP contribution in [-0.2, 0) is 16.0 Å². The van der Waals surface area contributed by atoms with Gasteiger partial charge in [-0.3, -0.25) is 19.8 Å². The topological polar surface area (TPSA) is 140 Å². The van der Waals surface area contributed by atoms with Crippen LogP contribution in [0.2, 0.25) is 0 Å². The molecule has 4 rings (SSSR count). The van der Waals surface area contributed by atoms with Crippen LogP contribution < -0.4 is 5.32 Å². The first-order valence-corrected chi connectivity index (χ1v) is 9.91. The second kappa shape index (κ2) is 9.12. The van der Waals surface area contributed by atoms with E-state index in [1.54, 1.807) is 18.2 Å². The van der Waals surface area contributed by atoms with Crippen molar-refractivity contribution in [1.29, 1.82) is 0 Å². The molecule has 166 valence electrons. The maximum Gasteiger partial charge on any atom is 0.338 e. The predicted octanol–water partition coefficient (Wildman–Crippen LogP) is 2.34. The van der Waals surface area contributed by atoms with E-state index in [-0.39, 0.29) is 16.8 Å². The fourth-order valence-corrected chi connectivity index (χ4v) is 3.47. The van der Waals surface area contributed by atoms with Gasteiger partial charge in [0, 0.05) is 36.5 Å². The van der Waals surface area contributed by atoms with Crippen molar-refractivity contribution in [2.24, 2.45) is 0 Å². The number of carbonyl (C=O) groups excluding carboxylic acids is 2. The number of non-ortho nitro benzene ring substituents is 1. The highest BCUT2D eigenvalue weighted by atomic mass is 16.6. The van der Waals surface area contributed by atoms with Crippen molar-refractivity contribution in [1.82, 2.24) is 14.9 Å². The number of amides is 1. The number of H-pyrrole nitrogens is 1. The van der Waals surface area contributed by atoms with Gasteiger partial charge in [0.15, 0.2) is 0 Å². The van der Waals surface area contributed by atoms with Crippen molar-refractivity contribution in [3.63, 3.8) is 0 Å². The Hall–Kier alpha value is -3.83. The average Bonchev–Trinajstić information content (AvgIpc) is 3.20. The van der Waals surface area contributed by atoms with Gasteiger partial charge in [-0.05, 0) is 24.3 Å². The molecular weight excluding hydrogens is 418 g/mol. The van der Waals surface area contributed by atoms with Crippen LogP contribution in [-0.4, -0.2) is 65.1 Å². The number of ether oxygens (including phenoxy) is 2. The van der Waals surface area contributed by atoms with Crippen LogP contribution in [0.5, 0.6) is 0 Å². The van der Waals surface area contributed by atoms with Crippen molar-refractivity contribution in [2.45, 2.75) is 6.54 Å². The molecule has 3 aromatic rings. The number of esters is 1. The molecule has 0 spiro atoms. The Morgan fingerprint density at radius 2 is 1.97 bits per heavy atom. The number of nitro benzene ring substituents is 1. The third-order valence-electron chi connectivity index (χ3n) is 5.08. The molecular formula is C21H21N5O6. The molecule has 2 N–H and O–H groups in total. The molecule has 11 nitrogen and oxygen atoms in total. The van der Waals surface area contributed by atoms with E-state index >= 15 is 0 Å². The first kappa shape index (κ1) is 21.4. The monoisotopic (exact) mass is 439 g/mol. The molecule has 0 atom stereocenters. The summed E-state index contributed by atoms with van der Waals surface area (Å²) in [5.41, 5.74) is 1.50. The summed E-state index contributed by atoms with van der Waals surface area (Å²) >= 11 is 0. The lowest BCUT2D eigenvalue weighted by Crippen LogP contribution is -2.35. The van der Waals surface area contributed by atoms with Gasteiger partial charge in [0.1, 0.15) is 5.82 Å². The zero-order valence-electron chi connectivity index (χ0n) is 17.3. The smallest absolute Gasteiger partial charge is 0.338 e. The number of hydrogen-bond acceptors (Lipinski definition) is 8. The van der Waals surface area contributed by atoms with Crippen molar-refractivity contribution in [3.05, 3.63) is 63.5 Å². The van der Waals surface area contributed by atoms with Gasteiger partial charge in [-0.15, -0.1) is 0 Å². The minimum Gasteiger partial charge on any atom is -0.465 e. The number of aromatic nitrogens is 2. The molecule has 0 saturated carbocycles. The molecule has 2 aromatic carbocycles. The molecule has 1 aromatic heterocycles. The summed E-state index contributed by atoms with van der Waals surface area (Å²) in [5.74, 6) is -0.549. The molecule has 1 amide bonds. The van der Waals surface area contributed by atoms with Crippen LogP contribution >= 0.6 is 0 Å². The highest BCUT2D eigenvalue weighted by molar-refractivity contribution is 6.06. The van der Waals surface area contributed by atoms with E-state index in [9.17, 15) is 19.7 Å². The number of morpholine rings is 1. The number of nitrogens with one attached hydrogen (secondary N) is 2. The average molecular weight is 439 g/mol. The maximum atomic E-state index is 12.7. The molecule has 0 radical (unpaired) electrons. The summed E-state index contributed by atoms with van der Waals surface area (Å²) in [6.45, 7) is 3.76. The van der Waals surface area contributed by atoms with Crippen LogP contribution in [0, 0.1) is 10.1 Å². The third kappa shape index (κ3) is 4.74. The zero-order valence-corrected chi connectivity index (χ0v) is 17.3. The van der Waals surface area contributed by atoms with Crippen molar-refractivity contribution in [2.75, 3.05) is 38.7 Å². The Morgan fingerprint density at radius 3 is 2.69 bits per heavy atom. The molecule has 11 heteroatoms. The number of imidazole rings is 1. The standard InChI is InChI=1S/C21H21N5O6/c1-31-21(28)14-8-13(9-16(10-14)26(29)30)20(27)22-15-2-3-17-18(11-15)24-19(23-17)12-25-4-6-32-7-5-25/h2-3,8-11H,4-7,12H2,1H3,(H,22,27)(H,23,24). The molecule has 0 unspecified atom stereocenters. The minimum absolute atomic E-state index is 0.0303. The van der Waals surface area contributed by atoms with Crippen molar-refractivity contribution >= 4 is 34.3 Å². The number of rotatable bonds is 6. The zero-order chi connectivity index (χ0) is 22.7.